The lowest BCUT2D eigenvalue weighted by Gasteiger charge is -2.17. The minimum Gasteiger partial charge on any atom is -0.496 e. The Kier molecular flexibility index (Phi) is 6.34. The first-order valence-corrected chi connectivity index (χ1v) is 9.79. The predicted octanol–water partition coefficient (Wildman–Crippen LogP) is 4.58. The highest BCUT2D eigenvalue weighted by Crippen LogP contribution is 2.25. The summed E-state index contributed by atoms with van der Waals surface area (Å²) < 4.78 is 5.37. The molecule has 0 aliphatic carbocycles. The van der Waals surface area contributed by atoms with Crippen LogP contribution in [0.25, 0.3) is 0 Å². The van der Waals surface area contributed by atoms with Crippen LogP contribution in [0, 0.1) is 0 Å². The van der Waals surface area contributed by atoms with Crippen molar-refractivity contribution in [3.8, 4) is 5.75 Å². The van der Waals surface area contributed by atoms with Gasteiger partial charge in [0.1, 0.15) is 5.75 Å². The average molecular weight is 380 g/mol. The van der Waals surface area contributed by atoms with E-state index in [4.69, 9.17) is 9.57 Å². The van der Waals surface area contributed by atoms with E-state index in [1.165, 1.54) is 5.56 Å². The maximum Gasteiger partial charge on any atom is 0.264 e. The summed E-state index contributed by atoms with van der Waals surface area (Å²) in [4.78, 5) is 18.0. The van der Waals surface area contributed by atoms with E-state index in [-0.39, 0.29) is 11.9 Å². The molecular weight excluding hydrogens is 352 g/mol. The van der Waals surface area contributed by atoms with Crippen LogP contribution < -0.4 is 10.1 Å². The molecule has 0 radical (unpaired) electrons. The van der Waals surface area contributed by atoms with Crippen LogP contribution in [0.2, 0.25) is 0 Å². The van der Waals surface area contributed by atoms with Crippen molar-refractivity contribution in [3.05, 3.63) is 65.2 Å². The van der Waals surface area contributed by atoms with Gasteiger partial charge in [-0.3, -0.25) is 4.79 Å². The third-order valence-electron chi connectivity index (χ3n) is 5.36. The highest BCUT2D eigenvalue weighted by molar-refractivity contribution is 6.05. The summed E-state index contributed by atoms with van der Waals surface area (Å²) in [5.74, 6) is 1.10. The number of nitrogens with zero attached hydrogens (tertiary/aromatic N) is 1. The first kappa shape index (κ1) is 19.9. The quantitative estimate of drug-likeness (QED) is 0.765. The molecule has 3 rings (SSSR count). The number of nitrogens with one attached hydrogen (secondary N) is 1. The highest BCUT2D eigenvalue weighted by atomic mass is 16.6. The van der Waals surface area contributed by atoms with Crippen molar-refractivity contribution < 1.29 is 14.4 Å². The van der Waals surface area contributed by atoms with E-state index < -0.39 is 6.10 Å². The van der Waals surface area contributed by atoms with Crippen molar-refractivity contribution in [1.82, 2.24) is 5.32 Å². The van der Waals surface area contributed by atoms with E-state index in [1.807, 2.05) is 31.2 Å². The standard InChI is InChI=1S/C23H28N2O3/c1-5-15(2)17-10-12-18(13-11-17)16(3)24-23(26)22-14-20(25-28-22)19-8-6-7-9-21(19)27-4/h6-13,15-16,22H,5,14H2,1-4H3,(H,24,26). The highest BCUT2D eigenvalue weighted by Gasteiger charge is 2.30. The number of rotatable bonds is 7. The SMILES string of the molecule is CCC(C)c1ccc(C(C)NC(=O)C2CC(c3ccccc3OC)=NO2)cc1. The van der Waals surface area contributed by atoms with E-state index >= 15 is 0 Å². The molecule has 2 aromatic rings. The van der Waals surface area contributed by atoms with Crippen LogP contribution in [0.3, 0.4) is 0 Å². The van der Waals surface area contributed by atoms with Crippen molar-refractivity contribution >= 4 is 11.6 Å². The van der Waals surface area contributed by atoms with Gasteiger partial charge in [-0.05, 0) is 42.5 Å². The zero-order chi connectivity index (χ0) is 20.1. The Hall–Kier alpha value is -2.82. The molecule has 148 valence electrons. The molecule has 1 aliphatic heterocycles. The molecule has 2 aromatic carbocycles. The number of methoxy groups -OCH3 is 1. The third kappa shape index (κ3) is 4.35. The van der Waals surface area contributed by atoms with Gasteiger partial charge < -0.3 is 14.9 Å². The number of carbonyl (C=O) groups excluding carboxylic acids is 1. The van der Waals surface area contributed by atoms with E-state index in [0.717, 1.165) is 29.0 Å². The lowest BCUT2D eigenvalue weighted by molar-refractivity contribution is -0.131. The number of amides is 1. The zero-order valence-corrected chi connectivity index (χ0v) is 16.9. The molecule has 0 bridgehead atoms. The van der Waals surface area contributed by atoms with Crippen molar-refractivity contribution in [2.24, 2.45) is 5.16 Å². The molecule has 1 amide bonds. The fraction of sp³-hybridized carbons (Fsp3) is 0.391. The number of carbonyl (C=O) groups is 1. The number of para-hydroxylation sites is 1. The summed E-state index contributed by atoms with van der Waals surface area (Å²) in [5, 5.41) is 7.15. The Balaban J connectivity index is 1.60. The molecule has 0 saturated heterocycles. The van der Waals surface area contributed by atoms with Gasteiger partial charge >= 0.3 is 0 Å². The van der Waals surface area contributed by atoms with Crippen LogP contribution in [-0.2, 0) is 9.63 Å². The van der Waals surface area contributed by atoms with Crippen LogP contribution in [-0.4, -0.2) is 24.8 Å². The molecule has 5 heteroatoms. The first-order valence-electron chi connectivity index (χ1n) is 9.79. The topological polar surface area (TPSA) is 59.9 Å². The minimum atomic E-state index is -0.623. The molecule has 0 fully saturated rings. The van der Waals surface area contributed by atoms with E-state index in [2.05, 4.69) is 48.6 Å². The van der Waals surface area contributed by atoms with Gasteiger partial charge in [0.05, 0.1) is 18.9 Å². The zero-order valence-electron chi connectivity index (χ0n) is 16.9. The molecule has 28 heavy (non-hydrogen) atoms. The summed E-state index contributed by atoms with van der Waals surface area (Å²) in [5.41, 5.74) is 3.97. The average Bonchev–Trinajstić information content (AvgIpc) is 3.23. The van der Waals surface area contributed by atoms with Crippen LogP contribution >= 0.6 is 0 Å². The number of hydrogen-bond acceptors (Lipinski definition) is 4. The normalized spacial score (nSPS) is 18.0. The summed E-state index contributed by atoms with van der Waals surface area (Å²) >= 11 is 0. The van der Waals surface area contributed by atoms with Gasteiger partial charge in [-0.15, -0.1) is 0 Å². The Morgan fingerprint density at radius 3 is 2.54 bits per heavy atom. The molecule has 0 aromatic heterocycles. The summed E-state index contributed by atoms with van der Waals surface area (Å²) in [6, 6.07) is 16.0. The van der Waals surface area contributed by atoms with Gasteiger partial charge in [0.2, 0.25) is 6.10 Å². The van der Waals surface area contributed by atoms with Crippen LogP contribution in [0.5, 0.6) is 5.75 Å². The molecule has 0 spiro atoms. The Bertz CT molecular complexity index is 845. The van der Waals surface area contributed by atoms with Crippen molar-refractivity contribution in [3.63, 3.8) is 0 Å². The van der Waals surface area contributed by atoms with E-state index in [0.29, 0.717) is 12.3 Å². The Morgan fingerprint density at radius 1 is 1.18 bits per heavy atom. The van der Waals surface area contributed by atoms with E-state index in [1.54, 1.807) is 7.11 Å². The van der Waals surface area contributed by atoms with Gasteiger partial charge in [-0.1, -0.05) is 55.4 Å². The lowest BCUT2D eigenvalue weighted by Crippen LogP contribution is -2.36. The van der Waals surface area contributed by atoms with Crippen LogP contribution in [0.1, 0.15) is 62.3 Å². The molecule has 3 unspecified atom stereocenters. The fourth-order valence-electron chi connectivity index (χ4n) is 3.30. The Morgan fingerprint density at radius 2 is 1.86 bits per heavy atom. The number of hydrogen-bond donors (Lipinski definition) is 1. The number of benzene rings is 2. The lowest BCUT2D eigenvalue weighted by atomic mass is 9.96. The molecule has 1 heterocycles. The smallest absolute Gasteiger partial charge is 0.264 e. The molecule has 0 saturated carbocycles. The maximum absolute atomic E-state index is 12.6. The minimum absolute atomic E-state index is 0.0996. The second-order valence-electron chi connectivity index (χ2n) is 7.24. The second-order valence-corrected chi connectivity index (χ2v) is 7.24. The summed E-state index contributed by atoms with van der Waals surface area (Å²) in [6.07, 6.45) is 0.909. The molecule has 3 atom stereocenters. The predicted molar refractivity (Wildman–Crippen MR) is 111 cm³/mol. The second kappa shape index (κ2) is 8.91. The van der Waals surface area contributed by atoms with Crippen LogP contribution in [0.15, 0.2) is 53.7 Å². The van der Waals surface area contributed by atoms with Crippen molar-refractivity contribution in [1.29, 1.82) is 0 Å². The van der Waals surface area contributed by atoms with Gasteiger partial charge in [0.15, 0.2) is 0 Å². The Labute approximate surface area is 166 Å². The molecular formula is C23H28N2O3. The summed E-state index contributed by atoms with van der Waals surface area (Å²) in [7, 11) is 1.62. The van der Waals surface area contributed by atoms with Gasteiger partial charge in [0, 0.05) is 12.0 Å². The van der Waals surface area contributed by atoms with Gasteiger partial charge in [-0.2, -0.15) is 0 Å². The monoisotopic (exact) mass is 380 g/mol. The largest absolute Gasteiger partial charge is 0.496 e. The molecule has 1 aliphatic rings. The number of oxime groups is 1. The van der Waals surface area contributed by atoms with Crippen molar-refractivity contribution in [2.75, 3.05) is 7.11 Å². The van der Waals surface area contributed by atoms with Crippen LogP contribution in [0.4, 0.5) is 0 Å². The van der Waals surface area contributed by atoms with E-state index in [9.17, 15) is 4.79 Å². The van der Waals surface area contributed by atoms with Crippen molar-refractivity contribution in [2.45, 2.75) is 51.7 Å². The molecule has 5 nitrogen and oxygen atoms in total. The van der Waals surface area contributed by atoms with Gasteiger partial charge in [-0.25, -0.2) is 0 Å². The fourth-order valence-corrected chi connectivity index (χ4v) is 3.30. The molecule has 1 N–H and O–H groups in total. The maximum atomic E-state index is 12.6. The first-order chi connectivity index (χ1) is 13.5. The summed E-state index contributed by atoms with van der Waals surface area (Å²) in [6.45, 7) is 6.38. The third-order valence-corrected chi connectivity index (χ3v) is 5.36. The number of ether oxygens (including phenoxy) is 1. The van der Waals surface area contributed by atoms with Gasteiger partial charge in [0.25, 0.3) is 5.91 Å².